The van der Waals surface area contributed by atoms with Crippen LogP contribution in [0.1, 0.15) is 40.0 Å². The number of rotatable bonds is 6. The lowest BCUT2D eigenvalue weighted by Crippen LogP contribution is -2.41. The third-order valence-electron chi connectivity index (χ3n) is 2.35. The summed E-state index contributed by atoms with van der Waals surface area (Å²) in [6, 6.07) is 0. The van der Waals surface area contributed by atoms with Gasteiger partial charge in [-0.1, -0.05) is 17.7 Å². The van der Waals surface area contributed by atoms with Gasteiger partial charge in [-0.3, -0.25) is 25.2 Å². The zero-order chi connectivity index (χ0) is 15.5. The van der Waals surface area contributed by atoms with E-state index in [0.29, 0.717) is 12.0 Å². The summed E-state index contributed by atoms with van der Waals surface area (Å²) in [7, 11) is 1.30. The molecular weight excluding hydrogens is 260 g/mol. The van der Waals surface area contributed by atoms with E-state index in [1.54, 1.807) is 13.0 Å². The van der Waals surface area contributed by atoms with Crippen LogP contribution >= 0.6 is 0 Å². The van der Waals surface area contributed by atoms with E-state index in [4.69, 9.17) is 0 Å². The Morgan fingerprint density at radius 2 is 1.65 bits per heavy atom. The first-order valence-corrected chi connectivity index (χ1v) is 6.34. The Morgan fingerprint density at radius 1 is 1.00 bits per heavy atom. The largest absolute Gasteiger partial charge is 0.469 e. The number of hydrogen-bond donors (Lipinski definition) is 2. The molecule has 0 bridgehead atoms. The van der Waals surface area contributed by atoms with Crippen LogP contribution in [0, 0.1) is 0 Å². The van der Waals surface area contributed by atoms with Crippen LogP contribution < -0.4 is 10.9 Å². The fraction of sp³-hybridized carbons (Fsp3) is 0.500. The highest BCUT2D eigenvalue weighted by atomic mass is 16.5. The molecule has 6 nitrogen and oxygen atoms in total. The number of amides is 2. The lowest BCUT2D eigenvalue weighted by molar-refractivity contribution is -0.140. The Labute approximate surface area is 119 Å². The molecule has 20 heavy (non-hydrogen) atoms. The lowest BCUT2D eigenvalue weighted by atomic mass is 10.2. The van der Waals surface area contributed by atoms with Crippen LogP contribution in [-0.2, 0) is 19.1 Å². The van der Waals surface area contributed by atoms with Gasteiger partial charge in [-0.25, -0.2) is 0 Å². The number of carbonyl (C=O) groups is 3. The molecule has 0 aromatic heterocycles. The van der Waals surface area contributed by atoms with Gasteiger partial charge in [0.1, 0.15) is 0 Å². The van der Waals surface area contributed by atoms with Gasteiger partial charge in [0.2, 0.25) is 5.91 Å². The van der Waals surface area contributed by atoms with Gasteiger partial charge in [-0.05, 0) is 27.2 Å². The molecular formula is C14H22N2O4. The highest BCUT2D eigenvalue weighted by molar-refractivity contribution is 5.94. The molecule has 0 rings (SSSR count). The summed E-state index contributed by atoms with van der Waals surface area (Å²) in [5.41, 5.74) is 6.16. The van der Waals surface area contributed by atoms with Gasteiger partial charge in [0.25, 0.3) is 5.91 Å². The minimum atomic E-state index is -0.371. The summed E-state index contributed by atoms with van der Waals surface area (Å²) in [4.78, 5) is 33.8. The summed E-state index contributed by atoms with van der Waals surface area (Å²) in [5.74, 6) is -1.08. The average molecular weight is 282 g/mol. The van der Waals surface area contributed by atoms with E-state index in [2.05, 4.69) is 15.6 Å². The third kappa shape index (κ3) is 8.91. The third-order valence-corrected chi connectivity index (χ3v) is 2.35. The molecule has 0 unspecified atom stereocenters. The second-order valence-electron chi connectivity index (χ2n) is 4.53. The molecule has 0 atom stereocenters. The number of esters is 1. The van der Waals surface area contributed by atoms with Gasteiger partial charge >= 0.3 is 5.97 Å². The molecule has 0 aromatic carbocycles. The monoisotopic (exact) mass is 282 g/mol. The Hall–Kier alpha value is -2.11. The second-order valence-corrected chi connectivity index (χ2v) is 4.53. The molecule has 6 heteroatoms. The van der Waals surface area contributed by atoms with Crippen LogP contribution in [0.3, 0.4) is 0 Å². The lowest BCUT2D eigenvalue weighted by Gasteiger charge is -2.07. The van der Waals surface area contributed by atoms with Gasteiger partial charge in [-0.2, -0.15) is 0 Å². The Bertz CT molecular complexity index is 421. The van der Waals surface area contributed by atoms with Crippen molar-refractivity contribution in [1.29, 1.82) is 0 Å². The number of nitrogens with one attached hydrogen (secondary N) is 2. The van der Waals surface area contributed by atoms with Crippen LogP contribution in [-0.4, -0.2) is 24.9 Å². The number of ether oxygens (including phenoxy) is 1. The van der Waals surface area contributed by atoms with Crippen molar-refractivity contribution in [3.8, 4) is 0 Å². The molecule has 0 aliphatic rings. The molecule has 0 fully saturated rings. The highest BCUT2D eigenvalue weighted by Crippen LogP contribution is 1.98. The molecule has 0 aromatic rings. The maximum absolute atomic E-state index is 11.6. The smallest absolute Gasteiger partial charge is 0.305 e. The van der Waals surface area contributed by atoms with E-state index in [-0.39, 0.29) is 30.6 Å². The van der Waals surface area contributed by atoms with E-state index >= 15 is 0 Å². The van der Waals surface area contributed by atoms with Crippen LogP contribution in [0.15, 0.2) is 23.3 Å². The predicted molar refractivity (Wildman–Crippen MR) is 75.3 cm³/mol. The van der Waals surface area contributed by atoms with Crippen LogP contribution in [0.5, 0.6) is 0 Å². The fourth-order valence-electron chi connectivity index (χ4n) is 1.15. The van der Waals surface area contributed by atoms with Crippen LogP contribution in [0.25, 0.3) is 0 Å². The van der Waals surface area contributed by atoms with E-state index in [1.807, 2.05) is 19.9 Å². The van der Waals surface area contributed by atoms with Crippen LogP contribution in [0.4, 0.5) is 0 Å². The van der Waals surface area contributed by atoms with Crippen molar-refractivity contribution in [2.45, 2.75) is 40.0 Å². The normalized spacial score (nSPS) is 10.5. The van der Waals surface area contributed by atoms with Crippen molar-refractivity contribution >= 4 is 17.8 Å². The number of carbonyl (C=O) groups excluding carboxylic acids is 3. The van der Waals surface area contributed by atoms with Gasteiger partial charge in [0, 0.05) is 18.4 Å². The molecule has 0 heterocycles. The number of methoxy groups -OCH3 is 1. The summed E-state index contributed by atoms with van der Waals surface area (Å²) in [6.45, 7) is 5.49. The maximum atomic E-state index is 11.6. The number of hydrogen-bond acceptors (Lipinski definition) is 4. The standard InChI is InChI=1S/C14H22N2O4/c1-10(2)8-9-11(3)14(19)16-15-12(17)6-5-7-13(18)20-4/h8-9H,5-7H2,1-4H3,(H,15,17)(H,16,19)/b11-9+. The minimum Gasteiger partial charge on any atom is -0.469 e. The highest BCUT2D eigenvalue weighted by Gasteiger charge is 2.07. The molecule has 0 aliphatic heterocycles. The molecule has 2 amide bonds. The number of hydrazine groups is 1. The molecule has 112 valence electrons. The quantitative estimate of drug-likeness (QED) is 0.334. The second kappa shape index (κ2) is 9.77. The van der Waals surface area contributed by atoms with Gasteiger partial charge < -0.3 is 4.74 Å². The average Bonchev–Trinajstić information content (AvgIpc) is 2.41. The Morgan fingerprint density at radius 3 is 2.20 bits per heavy atom. The molecule has 0 spiro atoms. The number of allylic oxidation sites excluding steroid dienone is 3. The molecule has 0 aliphatic carbocycles. The predicted octanol–water partition coefficient (Wildman–Crippen LogP) is 1.39. The SMILES string of the molecule is COC(=O)CCCC(=O)NNC(=O)/C(C)=C/C=C(C)C. The zero-order valence-electron chi connectivity index (χ0n) is 12.4. The van der Waals surface area contributed by atoms with E-state index < -0.39 is 0 Å². The fourth-order valence-corrected chi connectivity index (χ4v) is 1.15. The molecule has 0 saturated heterocycles. The van der Waals surface area contributed by atoms with Gasteiger partial charge in [0.05, 0.1) is 7.11 Å². The first-order chi connectivity index (χ1) is 9.36. The molecule has 2 N–H and O–H groups in total. The van der Waals surface area contributed by atoms with Gasteiger partial charge in [0.15, 0.2) is 0 Å². The van der Waals surface area contributed by atoms with E-state index in [9.17, 15) is 14.4 Å². The van der Waals surface area contributed by atoms with E-state index in [0.717, 1.165) is 5.57 Å². The Balaban J connectivity index is 4.00. The maximum Gasteiger partial charge on any atom is 0.305 e. The summed E-state index contributed by atoms with van der Waals surface area (Å²) < 4.78 is 4.45. The van der Waals surface area contributed by atoms with Crippen molar-refractivity contribution in [3.63, 3.8) is 0 Å². The van der Waals surface area contributed by atoms with Crippen molar-refractivity contribution in [2.75, 3.05) is 7.11 Å². The van der Waals surface area contributed by atoms with Gasteiger partial charge in [-0.15, -0.1) is 0 Å². The summed E-state index contributed by atoms with van der Waals surface area (Å²) in [6.07, 6.45) is 4.19. The zero-order valence-corrected chi connectivity index (χ0v) is 12.4. The summed E-state index contributed by atoms with van der Waals surface area (Å²) >= 11 is 0. The van der Waals surface area contributed by atoms with Crippen molar-refractivity contribution in [3.05, 3.63) is 23.3 Å². The first-order valence-electron chi connectivity index (χ1n) is 6.34. The summed E-state index contributed by atoms with van der Waals surface area (Å²) in [5, 5.41) is 0. The topological polar surface area (TPSA) is 84.5 Å². The molecule has 0 radical (unpaired) electrons. The van der Waals surface area contributed by atoms with E-state index in [1.165, 1.54) is 7.11 Å². The molecule has 0 saturated carbocycles. The van der Waals surface area contributed by atoms with Crippen molar-refractivity contribution in [2.24, 2.45) is 0 Å². The van der Waals surface area contributed by atoms with Crippen LogP contribution in [0.2, 0.25) is 0 Å². The van der Waals surface area contributed by atoms with Crippen molar-refractivity contribution < 1.29 is 19.1 Å². The minimum absolute atomic E-state index is 0.145. The first kappa shape index (κ1) is 17.9. The Kier molecular flexibility index (Phi) is 8.74. The van der Waals surface area contributed by atoms with Crippen molar-refractivity contribution in [1.82, 2.24) is 10.9 Å².